The number of thiophene rings is 1. The molecule has 7 nitrogen and oxygen atoms in total. The molecule has 1 unspecified atom stereocenters. The van der Waals surface area contributed by atoms with E-state index < -0.39 is 15.9 Å². The van der Waals surface area contributed by atoms with Gasteiger partial charge in [0.25, 0.3) is 10.0 Å². The summed E-state index contributed by atoms with van der Waals surface area (Å²) in [5, 5.41) is 2.35. The van der Waals surface area contributed by atoms with Crippen LogP contribution in [-0.4, -0.2) is 36.7 Å². The zero-order valence-corrected chi connectivity index (χ0v) is 21.2. The van der Waals surface area contributed by atoms with Gasteiger partial charge in [0.15, 0.2) is 5.13 Å². The quantitative estimate of drug-likeness (QED) is 0.340. The fourth-order valence-corrected chi connectivity index (χ4v) is 7.91. The number of thiazole rings is 1. The van der Waals surface area contributed by atoms with Crippen molar-refractivity contribution in [3.8, 4) is 0 Å². The van der Waals surface area contributed by atoms with Gasteiger partial charge in [0.1, 0.15) is 9.97 Å². The standard InChI is InChI=1S/C24H25N3O4S3/c1-2-17-9-10-20-21(14-17)33-24(25-20)27(16-19-7-4-12-31-19)23(28)18-6-3-11-26(15-18)34(29,30)22-8-5-13-32-22/h4-5,7-10,12-14,18H,2-3,6,11,15-16H2,1H3. The molecule has 10 heteroatoms. The van der Waals surface area contributed by atoms with Crippen molar-refractivity contribution in [2.75, 3.05) is 18.0 Å². The van der Waals surface area contributed by atoms with Gasteiger partial charge in [-0.2, -0.15) is 4.31 Å². The molecule has 1 fully saturated rings. The first-order chi connectivity index (χ1) is 16.5. The Morgan fingerprint density at radius 2 is 2.15 bits per heavy atom. The number of hydrogen-bond donors (Lipinski definition) is 0. The summed E-state index contributed by atoms with van der Waals surface area (Å²) in [6.07, 6.45) is 3.78. The Morgan fingerprint density at radius 3 is 2.88 bits per heavy atom. The zero-order chi connectivity index (χ0) is 23.7. The number of nitrogens with zero attached hydrogens (tertiary/aromatic N) is 3. The van der Waals surface area contributed by atoms with Crippen LogP contribution in [0.25, 0.3) is 10.2 Å². The minimum atomic E-state index is -3.60. The van der Waals surface area contributed by atoms with Crippen molar-refractivity contribution in [3.63, 3.8) is 0 Å². The van der Waals surface area contributed by atoms with Crippen LogP contribution < -0.4 is 4.90 Å². The predicted molar refractivity (Wildman–Crippen MR) is 135 cm³/mol. The van der Waals surface area contributed by atoms with Crippen molar-refractivity contribution in [2.24, 2.45) is 5.92 Å². The molecule has 4 aromatic rings. The minimum Gasteiger partial charge on any atom is -0.467 e. The van der Waals surface area contributed by atoms with Crippen molar-refractivity contribution in [1.82, 2.24) is 9.29 Å². The number of amides is 1. The molecule has 1 aliphatic rings. The first-order valence-corrected chi connectivity index (χ1v) is 14.4. The van der Waals surface area contributed by atoms with Crippen LogP contribution in [0, 0.1) is 5.92 Å². The Balaban J connectivity index is 1.45. The first-order valence-electron chi connectivity index (χ1n) is 11.2. The number of anilines is 1. The number of piperidine rings is 1. The summed E-state index contributed by atoms with van der Waals surface area (Å²) in [5.41, 5.74) is 2.06. The molecule has 1 amide bonds. The van der Waals surface area contributed by atoms with E-state index >= 15 is 0 Å². The summed E-state index contributed by atoms with van der Waals surface area (Å²) >= 11 is 2.67. The highest BCUT2D eigenvalue weighted by molar-refractivity contribution is 7.91. The van der Waals surface area contributed by atoms with Gasteiger partial charge in [-0.3, -0.25) is 9.69 Å². The lowest BCUT2D eigenvalue weighted by atomic mass is 9.98. The number of rotatable bonds is 7. The van der Waals surface area contributed by atoms with Crippen molar-refractivity contribution in [1.29, 1.82) is 0 Å². The smallest absolute Gasteiger partial charge is 0.252 e. The Morgan fingerprint density at radius 1 is 1.26 bits per heavy atom. The zero-order valence-electron chi connectivity index (χ0n) is 18.7. The first kappa shape index (κ1) is 23.2. The SMILES string of the molecule is CCc1ccc2nc(N(Cc3ccco3)C(=O)C3CCCN(S(=O)(=O)c4cccs4)C3)sc2c1. The second-order valence-corrected chi connectivity index (χ2v) is 12.4. The maximum atomic E-state index is 13.8. The molecule has 0 spiro atoms. The third-order valence-electron chi connectivity index (χ3n) is 6.06. The van der Waals surface area contributed by atoms with E-state index in [2.05, 4.69) is 19.1 Å². The molecule has 3 aromatic heterocycles. The van der Waals surface area contributed by atoms with E-state index in [0.717, 1.165) is 16.6 Å². The van der Waals surface area contributed by atoms with Gasteiger partial charge in [-0.05, 0) is 60.5 Å². The van der Waals surface area contributed by atoms with Gasteiger partial charge in [-0.1, -0.05) is 30.4 Å². The van der Waals surface area contributed by atoms with Crippen LogP contribution in [-0.2, 0) is 27.8 Å². The molecule has 0 bridgehead atoms. The molecule has 1 aromatic carbocycles. The summed E-state index contributed by atoms with van der Waals surface area (Å²) in [6.45, 7) is 2.94. The summed E-state index contributed by atoms with van der Waals surface area (Å²) in [4.78, 5) is 20.2. The normalized spacial score (nSPS) is 17.3. The maximum absolute atomic E-state index is 13.8. The molecule has 1 atom stereocenters. The predicted octanol–water partition coefficient (Wildman–Crippen LogP) is 5.15. The number of sulfonamides is 1. The van der Waals surface area contributed by atoms with Gasteiger partial charge in [-0.25, -0.2) is 13.4 Å². The van der Waals surface area contributed by atoms with Gasteiger partial charge >= 0.3 is 0 Å². The molecular formula is C24H25N3O4S3. The number of benzene rings is 1. The van der Waals surface area contributed by atoms with Crippen LogP contribution in [0.2, 0.25) is 0 Å². The summed E-state index contributed by atoms with van der Waals surface area (Å²) < 4.78 is 34.5. The van der Waals surface area contributed by atoms with Crippen LogP contribution in [0.1, 0.15) is 31.1 Å². The average molecular weight is 516 g/mol. The topological polar surface area (TPSA) is 83.7 Å². The van der Waals surface area contributed by atoms with Gasteiger partial charge in [0.05, 0.1) is 28.9 Å². The highest BCUT2D eigenvalue weighted by atomic mass is 32.2. The molecule has 4 heterocycles. The van der Waals surface area contributed by atoms with E-state index in [1.165, 1.54) is 32.5 Å². The van der Waals surface area contributed by atoms with Crippen LogP contribution in [0.4, 0.5) is 5.13 Å². The molecule has 34 heavy (non-hydrogen) atoms. The highest BCUT2D eigenvalue weighted by Crippen LogP contribution is 2.34. The molecular weight excluding hydrogens is 490 g/mol. The third-order valence-corrected chi connectivity index (χ3v) is 10.3. The van der Waals surface area contributed by atoms with Gasteiger partial charge in [-0.15, -0.1) is 11.3 Å². The van der Waals surface area contributed by atoms with Gasteiger partial charge < -0.3 is 4.42 Å². The molecule has 1 saturated heterocycles. The number of hydrogen-bond acceptors (Lipinski definition) is 7. The lowest BCUT2D eigenvalue weighted by Crippen LogP contribution is -2.46. The Labute approximate surface area is 206 Å². The van der Waals surface area contributed by atoms with E-state index in [-0.39, 0.29) is 19.0 Å². The molecule has 1 aliphatic heterocycles. The van der Waals surface area contributed by atoms with Crippen molar-refractivity contribution in [2.45, 2.75) is 36.9 Å². The van der Waals surface area contributed by atoms with Crippen LogP contribution in [0.3, 0.4) is 0 Å². The Kier molecular flexibility index (Phi) is 6.57. The molecule has 0 aliphatic carbocycles. The number of carbonyl (C=O) groups excluding carboxylic acids is 1. The second-order valence-electron chi connectivity index (χ2n) is 8.29. The average Bonchev–Trinajstić information content (AvgIpc) is 3.63. The molecule has 0 N–H and O–H groups in total. The van der Waals surface area contributed by atoms with E-state index in [4.69, 9.17) is 9.40 Å². The Hall–Kier alpha value is -2.53. The van der Waals surface area contributed by atoms with Crippen molar-refractivity contribution in [3.05, 3.63) is 65.4 Å². The fraction of sp³-hybridized carbons (Fsp3) is 0.333. The lowest BCUT2D eigenvalue weighted by molar-refractivity contribution is -0.123. The molecule has 5 rings (SSSR count). The minimum absolute atomic E-state index is 0.128. The number of fused-ring (bicyclic) bond motifs is 1. The Bertz CT molecular complexity index is 1380. The highest BCUT2D eigenvalue weighted by Gasteiger charge is 2.36. The van der Waals surface area contributed by atoms with Crippen LogP contribution in [0.15, 0.2) is 62.7 Å². The second kappa shape index (κ2) is 9.61. The fourth-order valence-electron chi connectivity index (χ4n) is 4.21. The summed E-state index contributed by atoms with van der Waals surface area (Å²) in [5.74, 6) is 0.0784. The van der Waals surface area contributed by atoms with E-state index in [9.17, 15) is 13.2 Å². The number of furan rings is 1. The molecule has 0 saturated carbocycles. The lowest BCUT2D eigenvalue weighted by Gasteiger charge is -2.33. The monoisotopic (exact) mass is 515 g/mol. The number of carbonyl (C=O) groups is 1. The van der Waals surface area contributed by atoms with Gasteiger partial charge in [0, 0.05) is 13.1 Å². The maximum Gasteiger partial charge on any atom is 0.252 e. The van der Waals surface area contributed by atoms with Gasteiger partial charge in [0.2, 0.25) is 5.91 Å². The summed E-state index contributed by atoms with van der Waals surface area (Å²) in [7, 11) is -3.60. The largest absolute Gasteiger partial charge is 0.467 e. The van der Waals surface area contributed by atoms with Crippen LogP contribution >= 0.6 is 22.7 Å². The molecule has 0 radical (unpaired) electrons. The van der Waals surface area contributed by atoms with Crippen molar-refractivity contribution < 1.29 is 17.6 Å². The number of aromatic nitrogens is 1. The van der Waals surface area contributed by atoms with E-state index in [0.29, 0.717) is 34.5 Å². The van der Waals surface area contributed by atoms with E-state index in [1.54, 1.807) is 34.7 Å². The molecule has 178 valence electrons. The van der Waals surface area contributed by atoms with E-state index in [1.807, 2.05) is 12.1 Å². The van der Waals surface area contributed by atoms with Crippen LogP contribution in [0.5, 0.6) is 0 Å². The number of aryl methyl sites for hydroxylation is 1. The third kappa shape index (κ3) is 4.55. The van der Waals surface area contributed by atoms with Crippen molar-refractivity contribution >= 4 is 54.0 Å². The summed E-state index contributed by atoms with van der Waals surface area (Å²) in [6, 6.07) is 13.1.